The molecule has 0 saturated carbocycles. The summed E-state index contributed by atoms with van der Waals surface area (Å²) in [5.41, 5.74) is 5.20. The molecule has 2 aromatic carbocycles. The van der Waals surface area contributed by atoms with Crippen LogP contribution >= 0.6 is 11.8 Å². The van der Waals surface area contributed by atoms with E-state index in [1.807, 2.05) is 12.5 Å². The zero-order valence-electron chi connectivity index (χ0n) is 11.0. The zero-order chi connectivity index (χ0) is 12.7. The molecule has 0 fully saturated rings. The van der Waals surface area contributed by atoms with Crippen LogP contribution in [0.4, 0.5) is 0 Å². The third kappa shape index (κ3) is 4.66. The summed E-state index contributed by atoms with van der Waals surface area (Å²) in [5, 5.41) is 0. The molecular weight excluding hydrogens is 224 g/mol. The summed E-state index contributed by atoms with van der Waals surface area (Å²) in [7, 11) is 0. The molecule has 0 nitrogen and oxygen atoms in total. The summed E-state index contributed by atoms with van der Waals surface area (Å²) >= 11 is 1.75. The average Bonchev–Trinajstić information content (AvgIpc) is 2.31. The van der Waals surface area contributed by atoms with Crippen LogP contribution in [0.5, 0.6) is 0 Å². The lowest BCUT2D eigenvalue weighted by atomic mass is 10.0. The maximum atomic E-state index is 2.21. The van der Waals surface area contributed by atoms with Crippen molar-refractivity contribution in [3.8, 4) is 11.1 Å². The summed E-state index contributed by atoms with van der Waals surface area (Å²) in [4.78, 5) is 0. The van der Waals surface area contributed by atoms with Gasteiger partial charge in [-0.15, -0.1) is 0 Å². The van der Waals surface area contributed by atoms with Crippen molar-refractivity contribution in [1.29, 1.82) is 0 Å². The van der Waals surface area contributed by atoms with Gasteiger partial charge in [0.2, 0.25) is 0 Å². The van der Waals surface area contributed by atoms with Crippen LogP contribution in [0.1, 0.15) is 11.1 Å². The van der Waals surface area contributed by atoms with Gasteiger partial charge < -0.3 is 0 Å². The fourth-order valence-corrected chi connectivity index (χ4v) is 1.57. The minimum absolute atomic E-state index is 1.29. The van der Waals surface area contributed by atoms with Crippen molar-refractivity contribution >= 4 is 11.8 Å². The molecule has 0 aliphatic heterocycles. The van der Waals surface area contributed by atoms with Gasteiger partial charge >= 0.3 is 0 Å². The number of benzene rings is 2. The molecule has 2 aromatic rings. The van der Waals surface area contributed by atoms with E-state index in [2.05, 4.69) is 62.4 Å². The van der Waals surface area contributed by atoms with Gasteiger partial charge in [-0.05, 0) is 37.5 Å². The Morgan fingerprint density at radius 1 is 0.706 bits per heavy atom. The zero-order valence-corrected chi connectivity index (χ0v) is 11.8. The van der Waals surface area contributed by atoms with Crippen LogP contribution in [0.15, 0.2) is 48.5 Å². The summed E-state index contributed by atoms with van der Waals surface area (Å²) in [6.07, 6.45) is 4.08. The molecule has 17 heavy (non-hydrogen) atoms. The molecule has 1 heteroatoms. The summed E-state index contributed by atoms with van der Waals surface area (Å²) in [6, 6.07) is 17.2. The van der Waals surface area contributed by atoms with Gasteiger partial charge in [0.05, 0.1) is 0 Å². The highest BCUT2D eigenvalue weighted by atomic mass is 32.2. The molecular formula is C16H20S. The fourth-order valence-electron chi connectivity index (χ4n) is 1.57. The van der Waals surface area contributed by atoms with E-state index in [0.717, 1.165) is 0 Å². The van der Waals surface area contributed by atoms with Crippen LogP contribution in [0, 0.1) is 13.8 Å². The second-order valence-electron chi connectivity index (χ2n) is 4.14. The van der Waals surface area contributed by atoms with E-state index in [9.17, 15) is 0 Å². The van der Waals surface area contributed by atoms with Crippen LogP contribution in [0.25, 0.3) is 11.1 Å². The number of rotatable bonds is 1. The van der Waals surface area contributed by atoms with Gasteiger partial charge in [-0.3, -0.25) is 0 Å². The Hall–Kier alpha value is -1.21. The normalized spacial score (nSPS) is 9.41. The minimum Gasteiger partial charge on any atom is -0.169 e. The Labute approximate surface area is 109 Å². The Morgan fingerprint density at radius 2 is 1.29 bits per heavy atom. The van der Waals surface area contributed by atoms with Crippen molar-refractivity contribution in [2.24, 2.45) is 0 Å². The molecule has 0 spiro atoms. The Kier molecular flexibility index (Phi) is 5.85. The molecule has 0 saturated heterocycles. The SMILES string of the molecule is CSC.Cc1ccc(-c2cccc(C)c2)cc1. The van der Waals surface area contributed by atoms with Crippen molar-refractivity contribution in [1.82, 2.24) is 0 Å². The predicted octanol–water partition coefficient (Wildman–Crippen LogP) is 4.95. The molecule has 2 rings (SSSR count). The Balaban J connectivity index is 0.000000437. The van der Waals surface area contributed by atoms with Gasteiger partial charge in [0.1, 0.15) is 0 Å². The number of hydrogen-bond acceptors (Lipinski definition) is 1. The minimum atomic E-state index is 1.29. The molecule has 0 unspecified atom stereocenters. The fraction of sp³-hybridized carbons (Fsp3) is 0.250. The summed E-state index contributed by atoms with van der Waals surface area (Å²) < 4.78 is 0. The van der Waals surface area contributed by atoms with E-state index in [-0.39, 0.29) is 0 Å². The quantitative estimate of drug-likeness (QED) is 0.684. The van der Waals surface area contributed by atoms with Crippen molar-refractivity contribution in [3.63, 3.8) is 0 Å². The lowest BCUT2D eigenvalue weighted by Crippen LogP contribution is -1.79. The molecule has 0 heterocycles. The van der Waals surface area contributed by atoms with Crippen LogP contribution in [0.3, 0.4) is 0 Å². The van der Waals surface area contributed by atoms with Gasteiger partial charge in [0.25, 0.3) is 0 Å². The van der Waals surface area contributed by atoms with Gasteiger partial charge in [-0.25, -0.2) is 0 Å². The number of thioether (sulfide) groups is 1. The first-order valence-corrected chi connectivity index (χ1v) is 7.34. The lowest BCUT2D eigenvalue weighted by Gasteiger charge is -2.02. The molecule has 0 radical (unpaired) electrons. The molecule has 0 aliphatic rings. The molecule has 0 aliphatic carbocycles. The van der Waals surface area contributed by atoms with Crippen LogP contribution in [-0.4, -0.2) is 12.5 Å². The molecule has 0 bridgehead atoms. The lowest BCUT2D eigenvalue weighted by molar-refractivity contribution is 1.44. The third-order valence-electron chi connectivity index (χ3n) is 2.40. The summed E-state index contributed by atoms with van der Waals surface area (Å²) in [5.74, 6) is 0. The first-order valence-electron chi connectivity index (χ1n) is 5.71. The molecule has 0 aromatic heterocycles. The monoisotopic (exact) mass is 244 g/mol. The Bertz CT molecular complexity index is 443. The van der Waals surface area contributed by atoms with Gasteiger partial charge in [0.15, 0.2) is 0 Å². The third-order valence-corrected chi connectivity index (χ3v) is 2.40. The maximum absolute atomic E-state index is 2.21. The maximum Gasteiger partial charge on any atom is -0.0181 e. The number of hydrogen-bond donors (Lipinski definition) is 0. The first kappa shape index (κ1) is 13.9. The van der Waals surface area contributed by atoms with Crippen LogP contribution < -0.4 is 0 Å². The smallest absolute Gasteiger partial charge is 0.0181 e. The van der Waals surface area contributed by atoms with E-state index < -0.39 is 0 Å². The van der Waals surface area contributed by atoms with Gasteiger partial charge in [-0.2, -0.15) is 11.8 Å². The van der Waals surface area contributed by atoms with E-state index in [0.29, 0.717) is 0 Å². The predicted molar refractivity (Wildman–Crippen MR) is 80.8 cm³/mol. The topological polar surface area (TPSA) is 0 Å². The second kappa shape index (κ2) is 7.18. The highest BCUT2D eigenvalue weighted by Crippen LogP contribution is 2.20. The van der Waals surface area contributed by atoms with Crippen molar-refractivity contribution < 1.29 is 0 Å². The van der Waals surface area contributed by atoms with Gasteiger partial charge in [0, 0.05) is 0 Å². The van der Waals surface area contributed by atoms with Crippen molar-refractivity contribution in [3.05, 3.63) is 59.7 Å². The van der Waals surface area contributed by atoms with Crippen LogP contribution in [0.2, 0.25) is 0 Å². The largest absolute Gasteiger partial charge is 0.169 e. The second-order valence-corrected chi connectivity index (χ2v) is 4.96. The van der Waals surface area contributed by atoms with Crippen molar-refractivity contribution in [2.45, 2.75) is 13.8 Å². The van der Waals surface area contributed by atoms with E-state index in [4.69, 9.17) is 0 Å². The van der Waals surface area contributed by atoms with E-state index in [1.54, 1.807) is 11.8 Å². The van der Waals surface area contributed by atoms with Crippen molar-refractivity contribution in [2.75, 3.05) is 12.5 Å². The van der Waals surface area contributed by atoms with E-state index in [1.165, 1.54) is 22.3 Å². The summed E-state index contributed by atoms with van der Waals surface area (Å²) in [6.45, 7) is 4.23. The highest BCUT2D eigenvalue weighted by molar-refractivity contribution is 7.97. The van der Waals surface area contributed by atoms with E-state index >= 15 is 0 Å². The molecule has 90 valence electrons. The number of aryl methyl sites for hydroxylation is 2. The highest BCUT2D eigenvalue weighted by Gasteiger charge is 1.96. The molecule has 0 amide bonds. The molecule has 0 N–H and O–H groups in total. The van der Waals surface area contributed by atoms with Gasteiger partial charge in [-0.1, -0.05) is 59.7 Å². The average molecular weight is 244 g/mol. The molecule has 0 atom stereocenters. The van der Waals surface area contributed by atoms with Crippen LogP contribution in [-0.2, 0) is 0 Å². The Morgan fingerprint density at radius 3 is 1.82 bits per heavy atom. The first-order chi connectivity index (χ1) is 8.17. The standard InChI is InChI=1S/C14H14.C2H6S/c1-11-6-8-13(9-7-11)14-5-3-4-12(2)10-14;1-3-2/h3-10H,1-2H3;1-2H3.